The smallest absolute Gasteiger partial charge is 0.223 e. The van der Waals surface area contributed by atoms with Gasteiger partial charge in [-0.15, -0.1) is 0 Å². The molecule has 2 aromatic rings. The highest BCUT2D eigenvalue weighted by Crippen LogP contribution is 2.31. The molecule has 1 aromatic carbocycles. The van der Waals surface area contributed by atoms with Crippen LogP contribution in [0.5, 0.6) is 0 Å². The van der Waals surface area contributed by atoms with E-state index >= 15 is 0 Å². The molecule has 1 heterocycles. The van der Waals surface area contributed by atoms with E-state index in [1.165, 1.54) is 24.8 Å². The van der Waals surface area contributed by atoms with Gasteiger partial charge in [0.2, 0.25) is 5.91 Å². The number of amides is 1. The van der Waals surface area contributed by atoms with Crippen LogP contribution in [0.2, 0.25) is 0 Å². The van der Waals surface area contributed by atoms with Gasteiger partial charge >= 0.3 is 0 Å². The van der Waals surface area contributed by atoms with Crippen LogP contribution < -0.4 is 5.32 Å². The molecule has 0 spiro atoms. The Hall–Kier alpha value is -3.41. The molecule has 0 aliphatic rings. The van der Waals surface area contributed by atoms with Crippen molar-refractivity contribution >= 4 is 11.5 Å². The SMILES string of the molecule is C=C(OCC)C(C/C=C\CCCCC)NC(=O)C(C)C[C@H](CC)n1nc(/C(C)=C/C(/C=C\C)CC)c(-c2ccc(C(C)CC)cc2)n1. The molecule has 0 radical (unpaired) electrons. The molecule has 0 aliphatic heterocycles. The molecule has 6 nitrogen and oxygen atoms in total. The first-order valence-electron chi connectivity index (χ1n) is 18.3. The van der Waals surface area contributed by atoms with Crippen LogP contribution >= 0.6 is 0 Å². The Morgan fingerprint density at radius 3 is 2.32 bits per heavy atom. The second kappa shape index (κ2) is 21.5. The fraction of sp³-hybridized carbons (Fsp3) is 0.585. The summed E-state index contributed by atoms with van der Waals surface area (Å²) in [6.07, 6.45) is 19.9. The van der Waals surface area contributed by atoms with Crippen LogP contribution in [0, 0.1) is 11.8 Å². The van der Waals surface area contributed by atoms with Gasteiger partial charge in [0.05, 0.1) is 18.7 Å². The Kier molecular flexibility index (Phi) is 18.2. The Bertz CT molecular complexity index is 1300. The molecule has 0 aliphatic carbocycles. The normalized spacial score (nSPS) is 15.5. The van der Waals surface area contributed by atoms with E-state index in [4.69, 9.17) is 14.9 Å². The van der Waals surface area contributed by atoms with Crippen LogP contribution in [-0.4, -0.2) is 33.5 Å². The third-order valence-electron chi connectivity index (χ3n) is 9.16. The van der Waals surface area contributed by atoms with Crippen LogP contribution in [0.1, 0.15) is 143 Å². The van der Waals surface area contributed by atoms with Crippen LogP contribution in [0.4, 0.5) is 0 Å². The number of allylic oxidation sites excluding steroid dienone is 5. The lowest BCUT2D eigenvalue weighted by Gasteiger charge is -2.24. The van der Waals surface area contributed by atoms with Crippen molar-refractivity contribution < 1.29 is 9.53 Å². The standard InChI is InChI=1S/C41H64N4O2/c1-11-17-18-19-20-21-23-38(33(10)47-16-6)42-41(46)32(9)29-37(15-5)45-43-39(31(8)28-34(14-4)22-12-2)40(44-45)36-26-24-35(25-27-36)30(7)13-3/h12,20-22,24-28,30,32,34,37-38H,10-11,13-19,23,29H2,1-9H3,(H,42,46)/b21-20-,22-12-,31-28+/t30?,32?,34?,37-,38?/m0/s1. The number of carbonyl (C=O) groups excluding carboxylic acids is 1. The van der Waals surface area contributed by atoms with E-state index in [2.05, 4.69) is 115 Å². The lowest BCUT2D eigenvalue weighted by molar-refractivity contribution is -0.125. The largest absolute Gasteiger partial charge is 0.497 e. The fourth-order valence-corrected chi connectivity index (χ4v) is 5.78. The minimum absolute atomic E-state index is 0.00450. The van der Waals surface area contributed by atoms with Gasteiger partial charge in [-0.3, -0.25) is 4.79 Å². The number of rotatable bonds is 22. The molecule has 5 atom stereocenters. The molecule has 6 heteroatoms. The van der Waals surface area contributed by atoms with Crippen LogP contribution in [0.3, 0.4) is 0 Å². The minimum Gasteiger partial charge on any atom is -0.497 e. The zero-order valence-corrected chi connectivity index (χ0v) is 31.0. The maximum atomic E-state index is 13.6. The molecule has 2 rings (SSSR count). The minimum atomic E-state index is -0.261. The summed E-state index contributed by atoms with van der Waals surface area (Å²) >= 11 is 0. The predicted octanol–water partition coefficient (Wildman–Crippen LogP) is 11.0. The molecule has 0 bridgehead atoms. The number of nitrogens with zero attached hydrogens (tertiary/aromatic N) is 3. The van der Waals surface area contributed by atoms with Crippen LogP contribution in [0.25, 0.3) is 16.8 Å². The van der Waals surface area contributed by atoms with Crippen molar-refractivity contribution in [3.05, 3.63) is 78.2 Å². The molecular weight excluding hydrogens is 580 g/mol. The predicted molar refractivity (Wildman–Crippen MR) is 200 cm³/mol. The van der Waals surface area contributed by atoms with E-state index in [9.17, 15) is 4.79 Å². The monoisotopic (exact) mass is 645 g/mol. The molecule has 1 aromatic heterocycles. The van der Waals surface area contributed by atoms with E-state index in [1.807, 2.05) is 18.6 Å². The Morgan fingerprint density at radius 2 is 1.72 bits per heavy atom. The lowest BCUT2D eigenvalue weighted by Crippen LogP contribution is -2.40. The summed E-state index contributed by atoms with van der Waals surface area (Å²) in [5.74, 6) is 1.20. The summed E-state index contributed by atoms with van der Waals surface area (Å²) in [5.41, 5.74) is 5.30. The third-order valence-corrected chi connectivity index (χ3v) is 9.16. The van der Waals surface area contributed by atoms with Crippen molar-refractivity contribution in [1.29, 1.82) is 0 Å². The summed E-state index contributed by atoms with van der Waals surface area (Å²) in [7, 11) is 0. The van der Waals surface area contributed by atoms with Gasteiger partial charge in [0.15, 0.2) is 0 Å². The average molecular weight is 645 g/mol. The zero-order valence-electron chi connectivity index (χ0n) is 31.0. The summed E-state index contributed by atoms with van der Waals surface area (Å²) in [6, 6.07) is 8.50. The van der Waals surface area contributed by atoms with Gasteiger partial charge < -0.3 is 10.1 Å². The molecule has 4 unspecified atom stereocenters. The van der Waals surface area contributed by atoms with E-state index < -0.39 is 0 Å². The second-order valence-corrected chi connectivity index (χ2v) is 13.0. The number of unbranched alkanes of at least 4 members (excludes halogenated alkanes) is 3. The van der Waals surface area contributed by atoms with Crippen LogP contribution in [0.15, 0.2) is 67.0 Å². The maximum Gasteiger partial charge on any atom is 0.223 e. The quantitative estimate of drug-likeness (QED) is 0.0786. The topological polar surface area (TPSA) is 69.0 Å². The molecule has 0 saturated carbocycles. The van der Waals surface area contributed by atoms with Gasteiger partial charge in [0.25, 0.3) is 0 Å². The first kappa shape index (κ1) is 39.8. The molecule has 1 amide bonds. The molecular formula is C41H64N4O2. The van der Waals surface area contributed by atoms with Crippen LogP contribution in [-0.2, 0) is 9.53 Å². The van der Waals surface area contributed by atoms with Crippen molar-refractivity contribution in [2.45, 2.75) is 138 Å². The number of carbonyl (C=O) groups is 1. The highest BCUT2D eigenvalue weighted by atomic mass is 16.5. The summed E-state index contributed by atoms with van der Waals surface area (Å²) in [6.45, 7) is 23.8. The Morgan fingerprint density at radius 1 is 1.00 bits per heavy atom. The van der Waals surface area contributed by atoms with E-state index in [-0.39, 0.29) is 23.9 Å². The van der Waals surface area contributed by atoms with E-state index in [0.717, 1.165) is 48.2 Å². The number of nitrogens with one attached hydrogen (secondary N) is 1. The van der Waals surface area contributed by atoms with E-state index in [1.54, 1.807) is 0 Å². The lowest BCUT2D eigenvalue weighted by atomic mass is 9.95. The summed E-state index contributed by atoms with van der Waals surface area (Å²) in [5, 5.41) is 13.5. The summed E-state index contributed by atoms with van der Waals surface area (Å²) in [4.78, 5) is 15.4. The van der Waals surface area contributed by atoms with Crippen molar-refractivity contribution in [2.75, 3.05) is 6.61 Å². The molecule has 1 N–H and O–H groups in total. The fourth-order valence-electron chi connectivity index (χ4n) is 5.78. The third kappa shape index (κ3) is 12.6. The molecule has 47 heavy (non-hydrogen) atoms. The van der Waals surface area contributed by atoms with Crippen molar-refractivity contribution in [3.63, 3.8) is 0 Å². The first-order chi connectivity index (χ1) is 22.6. The number of benzene rings is 1. The maximum absolute atomic E-state index is 13.6. The summed E-state index contributed by atoms with van der Waals surface area (Å²) < 4.78 is 5.73. The molecule has 260 valence electrons. The highest BCUT2D eigenvalue weighted by Gasteiger charge is 2.26. The van der Waals surface area contributed by atoms with Gasteiger partial charge in [-0.1, -0.05) is 116 Å². The number of ether oxygens (including phenoxy) is 1. The van der Waals surface area contributed by atoms with Crippen molar-refractivity contribution in [2.24, 2.45) is 11.8 Å². The molecule has 0 saturated heterocycles. The second-order valence-electron chi connectivity index (χ2n) is 13.0. The average Bonchev–Trinajstić information content (AvgIpc) is 3.53. The number of hydrogen-bond acceptors (Lipinski definition) is 4. The Labute approximate surface area is 286 Å². The Balaban J connectivity index is 2.35. The van der Waals surface area contributed by atoms with Gasteiger partial charge in [-0.25, -0.2) is 0 Å². The van der Waals surface area contributed by atoms with Crippen molar-refractivity contribution in [3.8, 4) is 11.3 Å². The first-order valence-corrected chi connectivity index (χ1v) is 18.3. The van der Waals surface area contributed by atoms with E-state index in [0.29, 0.717) is 37.0 Å². The molecule has 0 fully saturated rings. The highest BCUT2D eigenvalue weighted by molar-refractivity contribution is 5.79. The van der Waals surface area contributed by atoms with Gasteiger partial charge in [0, 0.05) is 11.5 Å². The number of aromatic nitrogens is 3. The van der Waals surface area contributed by atoms with Gasteiger partial charge in [-0.2, -0.15) is 15.0 Å². The zero-order chi connectivity index (χ0) is 34.8. The van der Waals surface area contributed by atoms with Gasteiger partial charge in [0.1, 0.15) is 17.1 Å². The van der Waals surface area contributed by atoms with Gasteiger partial charge in [-0.05, 0) is 88.7 Å². The number of hydrogen-bond donors (Lipinski definition) is 1. The van der Waals surface area contributed by atoms with Crippen molar-refractivity contribution in [1.82, 2.24) is 20.3 Å².